The molecule has 1 aliphatic rings. The summed E-state index contributed by atoms with van der Waals surface area (Å²) < 4.78 is 11.0. The fourth-order valence-electron chi connectivity index (χ4n) is 2.86. The van der Waals surface area contributed by atoms with E-state index in [1.54, 1.807) is 18.1 Å². The summed E-state index contributed by atoms with van der Waals surface area (Å²) in [5.74, 6) is 1.33. The number of para-hydroxylation sites is 2. The predicted molar refractivity (Wildman–Crippen MR) is 110 cm³/mol. The fourth-order valence-corrected chi connectivity index (χ4v) is 3.64. The summed E-state index contributed by atoms with van der Waals surface area (Å²) in [6.45, 7) is 2.78. The number of hydrogen-bond donors (Lipinski definition) is 1. The number of ether oxygens (including phenoxy) is 2. The van der Waals surface area contributed by atoms with Gasteiger partial charge in [0.15, 0.2) is 6.10 Å². The number of rotatable bonds is 7. The molecular formula is C21H24N2O4S. The lowest BCUT2D eigenvalue weighted by Crippen LogP contribution is -2.51. The maximum atomic E-state index is 12.9. The quantitative estimate of drug-likeness (QED) is 0.724. The number of carbonyl (C=O) groups excluding carboxylic acids is 2. The molecule has 7 heteroatoms. The van der Waals surface area contributed by atoms with Crippen molar-refractivity contribution in [3.05, 3.63) is 48.5 Å². The van der Waals surface area contributed by atoms with Crippen LogP contribution < -0.4 is 19.7 Å². The zero-order valence-corrected chi connectivity index (χ0v) is 16.8. The molecule has 2 aromatic rings. The number of nitrogens with one attached hydrogen (secondary N) is 1. The molecule has 1 N–H and O–H groups in total. The molecule has 3 rings (SSSR count). The summed E-state index contributed by atoms with van der Waals surface area (Å²) in [5, 5.41) is 2.84. The van der Waals surface area contributed by atoms with Crippen LogP contribution >= 0.6 is 11.8 Å². The van der Waals surface area contributed by atoms with Crippen LogP contribution in [0.1, 0.15) is 13.3 Å². The highest BCUT2D eigenvalue weighted by Gasteiger charge is 2.33. The Morgan fingerprint density at radius 1 is 1.21 bits per heavy atom. The molecule has 28 heavy (non-hydrogen) atoms. The summed E-state index contributed by atoms with van der Waals surface area (Å²) in [5.41, 5.74) is 0.697. The number of methoxy groups -OCH3 is 1. The van der Waals surface area contributed by atoms with Crippen LogP contribution in [0.15, 0.2) is 53.4 Å². The molecule has 0 bridgehead atoms. The Balaban J connectivity index is 1.70. The van der Waals surface area contributed by atoms with E-state index in [9.17, 15) is 9.59 Å². The molecule has 0 saturated carbocycles. The van der Waals surface area contributed by atoms with Crippen molar-refractivity contribution in [2.45, 2.75) is 24.3 Å². The van der Waals surface area contributed by atoms with Gasteiger partial charge in [0.05, 0.1) is 25.1 Å². The second kappa shape index (κ2) is 9.50. The van der Waals surface area contributed by atoms with Crippen LogP contribution in [0.5, 0.6) is 11.5 Å². The van der Waals surface area contributed by atoms with Gasteiger partial charge < -0.3 is 19.7 Å². The Bertz CT molecular complexity index is 825. The molecule has 0 aliphatic carbocycles. The monoisotopic (exact) mass is 400 g/mol. The fraction of sp³-hybridized carbons (Fsp3) is 0.333. The van der Waals surface area contributed by atoms with E-state index in [2.05, 4.69) is 5.32 Å². The van der Waals surface area contributed by atoms with Gasteiger partial charge >= 0.3 is 0 Å². The molecule has 0 unspecified atom stereocenters. The van der Waals surface area contributed by atoms with Gasteiger partial charge in [-0.3, -0.25) is 9.59 Å². The maximum Gasteiger partial charge on any atom is 0.262 e. The summed E-state index contributed by atoms with van der Waals surface area (Å²) in [6.07, 6.45) is 0.132. The van der Waals surface area contributed by atoms with Crippen LogP contribution in [0, 0.1) is 0 Å². The van der Waals surface area contributed by atoms with E-state index in [0.717, 1.165) is 17.1 Å². The Morgan fingerprint density at radius 3 is 2.68 bits per heavy atom. The Hall–Kier alpha value is -2.67. The minimum Gasteiger partial charge on any atom is -0.497 e. The first-order valence-electron chi connectivity index (χ1n) is 9.23. The molecular weight excluding hydrogens is 376 g/mol. The number of fused-ring (bicyclic) bond motifs is 1. The van der Waals surface area contributed by atoms with E-state index in [1.165, 1.54) is 11.8 Å². The van der Waals surface area contributed by atoms with Crippen molar-refractivity contribution in [2.75, 3.05) is 30.9 Å². The zero-order valence-electron chi connectivity index (χ0n) is 16.0. The molecule has 2 amide bonds. The molecule has 0 fully saturated rings. The number of benzene rings is 2. The second-order valence-electron chi connectivity index (χ2n) is 6.33. The van der Waals surface area contributed by atoms with Crippen LogP contribution in [0.2, 0.25) is 0 Å². The van der Waals surface area contributed by atoms with Crippen molar-refractivity contribution in [2.24, 2.45) is 0 Å². The first-order chi connectivity index (χ1) is 13.6. The van der Waals surface area contributed by atoms with Gasteiger partial charge in [-0.15, -0.1) is 11.8 Å². The Labute approximate surface area is 169 Å². The predicted octanol–water partition coefficient (Wildman–Crippen LogP) is 3.11. The summed E-state index contributed by atoms with van der Waals surface area (Å²) in [4.78, 5) is 27.9. The minimum atomic E-state index is -0.712. The SMILES string of the molecule is CCCNC(=O)[C@@H]1CN(C(=O)CSc2ccc(OC)cc2)c2ccccc2O1. The molecule has 0 radical (unpaired) electrons. The van der Waals surface area contributed by atoms with Crippen molar-refractivity contribution in [3.8, 4) is 11.5 Å². The zero-order chi connectivity index (χ0) is 19.9. The highest BCUT2D eigenvalue weighted by molar-refractivity contribution is 8.00. The van der Waals surface area contributed by atoms with Gasteiger partial charge in [-0.25, -0.2) is 0 Å². The van der Waals surface area contributed by atoms with E-state index in [0.29, 0.717) is 18.0 Å². The van der Waals surface area contributed by atoms with Gasteiger partial charge in [-0.2, -0.15) is 0 Å². The molecule has 0 spiro atoms. The largest absolute Gasteiger partial charge is 0.497 e. The van der Waals surface area contributed by atoms with Gasteiger partial charge in [0, 0.05) is 11.4 Å². The average Bonchev–Trinajstić information content (AvgIpc) is 2.75. The normalized spacial score (nSPS) is 15.4. The number of carbonyl (C=O) groups is 2. The third-order valence-electron chi connectivity index (χ3n) is 4.34. The maximum absolute atomic E-state index is 12.9. The first kappa shape index (κ1) is 20.1. The van der Waals surface area contributed by atoms with Crippen LogP contribution in [0.3, 0.4) is 0 Å². The third kappa shape index (κ3) is 4.78. The molecule has 0 saturated heterocycles. The van der Waals surface area contributed by atoms with E-state index in [1.807, 2.05) is 49.4 Å². The molecule has 1 atom stereocenters. The van der Waals surface area contributed by atoms with Crippen LogP contribution in [-0.2, 0) is 9.59 Å². The minimum absolute atomic E-state index is 0.0649. The first-order valence-corrected chi connectivity index (χ1v) is 10.2. The molecule has 2 aromatic carbocycles. The van der Waals surface area contributed by atoms with Crippen molar-refractivity contribution in [1.82, 2.24) is 5.32 Å². The highest BCUT2D eigenvalue weighted by Crippen LogP contribution is 2.34. The van der Waals surface area contributed by atoms with E-state index >= 15 is 0 Å². The summed E-state index contributed by atoms with van der Waals surface area (Å²) in [6, 6.07) is 14.9. The van der Waals surface area contributed by atoms with Crippen molar-refractivity contribution >= 4 is 29.3 Å². The number of amides is 2. The summed E-state index contributed by atoms with van der Waals surface area (Å²) >= 11 is 1.45. The van der Waals surface area contributed by atoms with E-state index in [-0.39, 0.29) is 24.1 Å². The Morgan fingerprint density at radius 2 is 1.96 bits per heavy atom. The number of anilines is 1. The summed E-state index contributed by atoms with van der Waals surface area (Å²) in [7, 11) is 1.62. The molecule has 1 aliphatic heterocycles. The standard InChI is InChI=1S/C21H24N2O4S/c1-3-12-22-21(25)19-13-23(17-6-4-5-7-18(17)27-19)20(24)14-28-16-10-8-15(26-2)9-11-16/h4-11,19H,3,12-14H2,1-2H3,(H,22,25)/t19-/m0/s1. The number of thioether (sulfide) groups is 1. The molecule has 148 valence electrons. The van der Waals surface area contributed by atoms with Crippen molar-refractivity contribution < 1.29 is 19.1 Å². The van der Waals surface area contributed by atoms with E-state index in [4.69, 9.17) is 9.47 Å². The smallest absolute Gasteiger partial charge is 0.262 e. The van der Waals surface area contributed by atoms with Crippen LogP contribution in [0.4, 0.5) is 5.69 Å². The number of hydrogen-bond acceptors (Lipinski definition) is 5. The molecule has 0 aromatic heterocycles. The van der Waals surface area contributed by atoms with Crippen LogP contribution in [0.25, 0.3) is 0 Å². The lowest BCUT2D eigenvalue weighted by molar-refractivity contribution is -0.128. The second-order valence-corrected chi connectivity index (χ2v) is 7.38. The lowest BCUT2D eigenvalue weighted by atomic mass is 10.1. The van der Waals surface area contributed by atoms with Crippen molar-refractivity contribution in [3.63, 3.8) is 0 Å². The van der Waals surface area contributed by atoms with Crippen molar-refractivity contribution in [1.29, 1.82) is 0 Å². The lowest BCUT2D eigenvalue weighted by Gasteiger charge is -2.34. The molecule has 1 heterocycles. The average molecular weight is 401 g/mol. The Kier molecular flexibility index (Phi) is 6.81. The van der Waals surface area contributed by atoms with Gasteiger partial charge in [0.25, 0.3) is 5.91 Å². The third-order valence-corrected chi connectivity index (χ3v) is 5.33. The van der Waals surface area contributed by atoms with Gasteiger partial charge in [-0.1, -0.05) is 19.1 Å². The highest BCUT2D eigenvalue weighted by atomic mass is 32.2. The van der Waals surface area contributed by atoms with Gasteiger partial charge in [0.2, 0.25) is 5.91 Å². The number of nitrogens with zero attached hydrogens (tertiary/aromatic N) is 1. The van der Waals surface area contributed by atoms with Gasteiger partial charge in [0.1, 0.15) is 11.5 Å². The van der Waals surface area contributed by atoms with Crippen LogP contribution in [-0.4, -0.2) is 43.9 Å². The van der Waals surface area contributed by atoms with Gasteiger partial charge in [-0.05, 0) is 42.8 Å². The van der Waals surface area contributed by atoms with E-state index < -0.39 is 6.10 Å². The molecule has 6 nitrogen and oxygen atoms in total. The topological polar surface area (TPSA) is 67.9 Å².